The number of amides is 1. The number of aliphatic imine (C=N–C) groups is 1. The number of rotatable bonds is 4. The molecule has 7 heteroatoms. The molecule has 1 saturated heterocycles. The maximum atomic E-state index is 11.1. The van der Waals surface area contributed by atoms with E-state index < -0.39 is 0 Å². The minimum Gasteiger partial charge on any atom is -0.393 e. The molecule has 1 aliphatic carbocycles. The number of hydrogen-bond donors (Lipinski definition) is 4. The molecule has 0 bridgehead atoms. The van der Waals surface area contributed by atoms with E-state index in [0.29, 0.717) is 19.5 Å². The van der Waals surface area contributed by atoms with Crippen LogP contribution >= 0.6 is 24.0 Å². The lowest BCUT2D eigenvalue weighted by Crippen LogP contribution is -2.51. The highest BCUT2D eigenvalue weighted by Gasteiger charge is 2.25. The fraction of sp³-hybridized carbons (Fsp3) is 0.857. The Morgan fingerprint density at radius 2 is 2.24 bits per heavy atom. The van der Waals surface area contributed by atoms with Crippen LogP contribution in [0.2, 0.25) is 0 Å². The molecule has 0 radical (unpaired) electrons. The van der Waals surface area contributed by atoms with Crippen LogP contribution in [0.4, 0.5) is 0 Å². The number of carbonyl (C=O) groups is 1. The maximum Gasteiger partial charge on any atom is 0.220 e. The van der Waals surface area contributed by atoms with Crippen LogP contribution in [-0.4, -0.2) is 48.8 Å². The van der Waals surface area contributed by atoms with E-state index in [2.05, 4.69) is 20.9 Å². The maximum absolute atomic E-state index is 11.1. The third-order valence-corrected chi connectivity index (χ3v) is 4.05. The summed E-state index contributed by atoms with van der Waals surface area (Å²) in [5, 5.41) is 19.3. The second-order valence-electron chi connectivity index (χ2n) is 5.66. The van der Waals surface area contributed by atoms with Gasteiger partial charge in [0.15, 0.2) is 5.96 Å². The summed E-state index contributed by atoms with van der Waals surface area (Å²) >= 11 is 0. The summed E-state index contributed by atoms with van der Waals surface area (Å²) in [7, 11) is 0. The zero-order valence-electron chi connectivity index (χ0n) is 12.6. The summed E-state index contributed by atoms with van der Waals surface area (Å²) in [4.78, 5) is 15.7. The molecule has 2 aliphatic rings. The molecule has 3 unspecified atom stereocenters. The summed E-state index contributed by atoms with van der Waals surface area (Å²) in [5.74, 6) is 1.20. The topological polar surface area (TPSA) is 85.8 Å². The standard InChI is InChI=1S/C14H26N4O2.HI/c1-2-15-14(17-8-10-4-3-5-12(10)19)18-11-6-7-13(20)16-9-11;/h10-12,19H,2-9H2,1H3,(H,16,20)(H2,15,17,18);1H. The number of guanidine groups is 1. The Morgan fingerprint density at radius 1 is 1.43 bits per heavy atom. The van der Waals surface area contributed by atoms with Crippen molar-refractivity contribution in [2.75, 3.05) is 19.6 Å². The van der Waals surface area contributed by atoms with E-state index in [1.165, 1.54) is 0 Å². The molecule has 3 atom stereocenters. The monoisotopic (exact) mass is 410 g/mol. The minimum absolute atomic E-state index is 0. The van der Waals surface area contributed by atoms with Gasteiger partial charge in [0.25, 0.3) is 0 Å². The number of hydrogen-bond acceptors (Lipinski definition) is 3. The van der Waals surface area contributed by atoms with Crippen LogP contribution in [0.3, 0.4) is 0 Å². The van der Waals surface area contributed by atoms with Crippen molar-refractivity contribution in [2.45, 2.75) is 51.2 Å². The lowest BCUT2D eigenvalue weighted by Gasteiger charge is -2.25. The van der Waals surface area contributed by atoms with Gasteiger partial charge in [-0.15, -0.1) is 24.0 Å². The van der Waals surface area contributed by atoms with Gasteiger partial charge in [-0.3, -0.25) is 9.79 Å². The molecule has 0 aromatic carbocycles. The van der Waals surface area contributed by atoms with E-state index in [9.17, 15) is 9.90 Å². The third kappa shape index (κ3) is 5.98. The quantitative estimate of drug-likeness (QED) is 0.311. The van der Waals surface area contributed by atoms with Crippen molar-refractivity contribution in [3.8, 4) is 0 Å². The molecule has 2 rings (SSSR count). The van der Waals surface area contributed by atoms with Crippen molar-refractivity contribution in [1.29, 1.82) is 0 Å². The average molecular weight is 410 g/mol. The smallest absolute Gasteiger partial charge is 0.220 e. The Labute approximate surface area is 143 Å². The van der Waals surface area contributed by atoms with Crippen LogP contribution in [0.25, 0.3) is 0 Å². The Morgan fingerprint density at radius 3 is 2.81 bits per heavy atom. The molecular weight excluding hydrogens is 383 g/mol. The molecule has 1 aliphatic heterocycles. The largest absolute Gasteiger partial charge is 0.393 e. The zero-order valence-corrected chi connectivity index (χ0v) is 14.9. The summed E-state index contributed by atoms with van der Waals surface area (Å²) in [6.45, 7) is 4.15. The van der Waals surface area contributed by atoms with Gasteiger partial charge in [0, 0.05) is 38.0 Å². The molecule has 0 aromatic rings. The Kier molecular flexibility index (Phi) is 8.31. The fourth-order valence-electron chi connectivity index (χ4n) is 2.81. The second kappa shape index (κ2) is 9.45. The number of aliphatic hydroxyl groups excluding tert-OH is 1. The predicted molar refractivity (Wildman–Crippen MR) is 93.9 cm³/mol. The van der Waals surface area contributed by atoms with Gasteiger partial charge in [-0.2, -0.15) is 0 Å². The van der Waals surface area contributed by atoms with Crippen LogP contribution in [0.5, 0.6) is 0 Å². The molecule has 1 saturated carbocycles. The zero-order chi connectivity index (χ0) is 14.4. The van der Waals surface area contributed by atoms with E-state index in [4.69, 9.17) is 0 Å². The van der Waals surface area contributed by atoms with Gasteiger partial charge >= 0.3 is 0 Å². The Balaban J connectivity index is 0.00000220. The first-order valence-electron chi connectivity index (χ1n) is 7.68. The summed E-state index contributed by atoms with van der Waals surface area (Å²) < 4.78 is 0. The van der Waals surface area contributed by atoms with Gasteiger partial charge in [0.05, 0.1) is 6.10 Å². The normalized spacial score (nSPS) is 29.5. The van der Waals surface area contributed by atoms with Crippen molar-refractivity contribution in [3.05, 3.63) is 0 Å². The molecule has 0 spiro atoms. The van der Waals surface area contributed by atoms with Crippen LogP contribution in [0.1, 0.15) is 39.0 Å². The van der Waals surface area contributed by atoms with Gasteiger partial charge < -0.3 is 21.1 Å². The average Bonchev–Trinajstić information content (AvgIpc) is 2.84. The summed E-state index contributed by atoms with van der Waals surface area (Å²) in [6.07, 6.45) is 4.26. The highest BCUT2D eigenvalue weighted by atomic mass is 127. The molecule has 2 fully saturated rings. The Bertz CT molecular complexity index is 355. The first-order chi connectivity index (χ1) is 9.69. The van der Waals surface area contributed by atoms with Gasteiger partial charge in [-0.25, -0.2) is 0 Å². The summed E-state index contributed by atoms with van der Waals surface area (Å²) in [5.41, 5.74) is 0. The van der Waals surface area contributed by atoms with Crippen LogP contribution < -0.4 is 16.0 Å². The van der Waals surface area contributed by atoms with Crippen molar-refractivity contribution in [2.24, 2.45) is 10.9 Å². The van der Waals surface area contributed by atoms with E-state index in [1.54, 1.807) is 0 Å². The first-order valence-corrected chi connectivity index (χ1v) is 7.68. The predicted octanol–water partition coefficient (Wildman–Crippen LogP) is 0.599. The van der Waals surface area contributed by atoms with E-state index >= 15 is 0 Å². The first kappa shape index (κ1) is 18.5. The summed E-state index contributed by atoms with van der Waals surface area (Å²) in [6, 6.07) is 0.235. The van der Waals surface area contributed by atoms with Crippen LogP contribution in [0.15, 0.2) is 4.99 Å². The molecule has 21 heavy (non-hydrogen) atoms. The second-order valence-corrected chi connectivity index (χ2v) is 5.66. The molecule has 122 valence electrons. The number of carbonyl (C=O) groups excluding carboxylic acids is 1. The van der Waals surface area contributed by atoms with Gasteiger partial charge in [0.1, 0.15) is 0 Å². The molecule has 1 amide bonds. The molecule has 6 nitrogen and oxygen atoms in total. The number of nitrogens with one attached hydrogen (secondary N) is 3. The fourth-order valence-corrected chi connectivity index (χ4v) is 2.81. The van der Waals surface area contributed by atoms with Gasteiger partial charge in [-0.1, -0.05) is 6.42 Å². The minimum atomic E-state index is -0.199. The van der Waals surface area contributed by atoms with E-state index in [0.717, 1.165) is 38.2 Å². The SMILES string of the molecule is CCNC(=NCC1CCCC1O)NC1CCC(=O)NC1.I. The highest BCUT2D eigenvalue weighted by Crippen LogP contribution is 2.25. The number of nitrogens with zero attached hydrogens (tertiary/aromatic N) is 1. The molecular formula is C14H27IN4O2. The van der Waals surface area contributed by atoms with E-state index in [-0.39, 0.29) is 47.9 Å². The van der Waals surface area contributed by atoms with Crippen molar-refractivity contribution < 1.29 is 9.90 Å². The lowest BCUT2D eigenvalue weighted by atomic mass is 10.1. The van der Waals surface area contributed by atoms with Crippen molar-refractivity contribution in [1.82, 2.24) is 16.0 Å². The molecule has 4 N–H and O–H groups in total. The van der Waals surface area contributed by atoms with Crippen LogP contribution in [-0.2, 0) is 4.79 Å². The van der Waals surface area contributed by atoms with Crippen LogP contribution in [0, 0.1) is 5.92 Å². The number of piperidine rings is 1. The van der Waals surface area contributed by atoms with Crippen molar-refractivity contribution in [3.63, 3.8) is 0 Å². The molecule has 1 heterocycles. The van der Waals surface area contributed by atoms with Gasteiger partial charge in [-0.05, 0) is 26.2 Å². The molecule has 0 aromatic heterocycles. The van der Waals surface area contributed by atoms with Crippen molar-refractivity contribution >= 4 is 35.8 Å². The third-order valence-electron chi connectivity index (χ3n) is 4.05. The van der Waals surface area contributed by atoms with Gasteiger partial charge in [0.2, 0.25) is 5.91 Å². The lowest BCUT2D eigenvalue weighted by molar-refractivity contribution is -0.122. The highest BCUT2D eigenvalue weighted by molar-refractivity contribution is 14.0. The number of halogens is 1. The number of aliphatic hydroxyl groups is 1. The van der Waals surface area contributed by atoms with E-state index in [1.807, 2.05) is 6.92 Å². The Hall–Kier alpha value is -0.570.